The van der Waals surface area contributed by atoms with Crippen LogP contribution in [0, 0.1) is 11.8 Å². The number of nitrogens with one attached hydrogen (secondary N) is 1. The van der Waals surface area contributed by atoms with Crippen LogP contribution in [0.3, 0.4) is 0 Å². The molecule has 1 aliphatic carbocycles. The third-order valence-electron chi connectivity index (χ3n) is 5.19. The van der Waals surface area contributed by atoms with Gasteiger partial charge in [-0.3, -0.25) is 4.90 Å². The zero-order valence-corrected chi connectivity index (χ0v) is 13.3. The van der Waals surface area contributed by atoms with Crippen molar-refractivity contribution in [1.82, 2.24) is 10.2 Å². The minimum Gasteiger partial charge on any atom is -0.313 e. The zero-order valence-electron chi connectivity index (χ0n) is 13.3. The van der Waals surface area contributed by atoms with Crippen molar-refractivity contribution in [1.29, 1.82) is 0 Å². The van der Waals surface area contributed by atoms with E-state index in [0.29, 0.717) is 6.04 Å². The van der Waals surface area contributed by atoms with E-state index in [9.17, 15) is 0 Å². The molecule has 3 atom stereocenters. The molecule has 2 aliphatic rings. The first-order valence-electron chi connectivity index (χ1n) is 8.64. The molecule has 0 aromatic rings. The number of hydrogen-bond acceptors (Lipinski definition) is 2. The molecule has 1 saturated heterocycles. The van der Waals surface area contributed by atoms with Crippen molar-refractivity contribution in [2.24, 2.45) is 11.8 Å². The number of rotatable bonds is 7. The fourth-order valence-electron chi connectivity index (χ4n) is 3.92. The minimum absolute atomic E-state index is 0.687. The van der Waals surface area contributed by atoms with E-state index >= 15 is 0 Å². The van der Waals surface area contributed by atoms with Crippen LogP contribution < -0.4 is 5.32 Å². The maximum absolute atomic E-state index is 3.72. The number of hydrogen-bond donors (Lipinski definition) is 1. The summed E-state index contributed by atoms with van der Waals surface area (Å²) in [5.41, 5.74) is 0. The molecule has 1 saturated carbocycles. The fourth-order valence-corrected chi connectivity index (χ4v) is 3.92. The van der Waals surface area contributed by atoms with Crippen LogP contribution >= 0.6 is 0 Å². The van der Waals surface area contributed by atoms with Gasteiger partial charge in [-0.25, -0.2) is 0 Å². The first-order valence-corrected chi connectivity index (χ1v) is 8.64. The summed E-state index contributed by atoms with van der Waals surface area (Å²) in [4.78, 5) is 2.77. The Labute approximate surface area is 120 Å². The van der Waals surface area contributed by atoms with E-state index in [4.69, 9.17) is 0 Å². The molecule has 2 heteroatoms. The van der Waals surface area contributed by atoms with Gasteiger partial charge in [0.15, 0.2) is 0 Å². The van der Waals surface area contributed by atoms with Gasteiger partial charge < -0.3 is 5.32 Å². The van der Waals surface area contributed by atoms with E-state index in [2.05, 4.69) is 31.0 Å². The third kappa shape index (κ3) is 4.75. The topological polar surface area (TPSA) is 15.3 Å². The summed E-state index contributed by atoms with van der Waals surface area (Å²) in [5, 5.41) is 3.72. The molecule has 3 unspecified atom stereocenters. The van der Waals surface area contributed by atoms with Crippen LogP contribution in [0.15, 0.2) is 0 Å². The SMILES string of the molecule is CC(C)CCC(C)NCCN1CCC2CCCCC21. The van der Waals surface area contributed by atoms with E-state index in [1.54, 1.807) is 0 Å². The first kappa shape index (κ1) is 15.3. The molecule has 2 fully saturated rings. The molecular formula is C17H34N2. The van der Waals surface area contributed by atoms with Gasteiger partial charge in [-0.2, -0.15) is 0 Å². The first-order chi connectivity index (χ1) is 9.16. The Hall–Kier alpha value is -0.0800. The van der Waals surface area contributed by atoms with Gasteiger partial charge in [-0.05, 0) is 57.4 Å². The van der Waals surface area contributed by atoms with Gasteiger partial charge in [0.05, 0.1) is 0 Å². The summed E-state index contributed by atoms with van der Waals surface area (Å²) in [7, 11) is 0. The van der Waals surface area contributed by atoms with Crippen LogP contribution in [0.1, 0.15) is 65.7 Å². The Kier molecular flexibility index (Phi) is 6.15. The van der Waals surface area contributed by atoms with Gasteiger partial charge in [-0.15, -0.1) is 0 Å². The average Bonchev–Trinajstić information content (AvgIpc) is 2.80. The lowest BCUT2D eigenvalue weighted by atomic mass is 9.85. The molecule has 0 spiro atoms. The second-order valence-corrected chi connectivity index (χ2v) is 7.26. The molecule has 0 amide bonds. The molecule has 0 aromatic heterocycles. The third-order valence-corrected chi connectivity index (χ3v) is 5.19. The summed E-state index contributed by atoms with van der Waals surface area (Å²) < 4.78 is 0. The van der Waals surface area contributed by atoms with Crippen LogP contribution in [0.25, 0.3) is 0 Å². The van der Waals surface area contributed by atoms with E-state index in [1.165, 1.54) is 64.6 Å². The zero-order chi connectivity index (χ0) is 13.7. The largest absolute Gasteiger partial charge is 0.313 e. The van der Waals surface area contributed by atoms with Crippen molar-refractivity contribution >= 4 is 0 Å². The molecule has 2 rings (SSSR count). The van der Waals surface area contributed by atoms with Crippen molar-refractivity contribution in [2.75, 3.05) is 19.6 Å². The molecular weight excluding hydrogens is 232 g/mol. The predicted octanol–water partition coefficient (Wildman–Crippen LogP) is 3.67. The van der Waals surface area contributed by atoms with Gasteiger partial charge >= 0.3 is 0 Å². The second-order valence-electron chi connectivity index (χ2n) is 7.26. The fraction of sp³-hybridized carbons (Fsp3) is 1.00. The normalized spacial score (nSPS) is 29.7. The molecule has 112 valence electrons. The Bertz CT molecular complexity index is 252. The highest BCUT2D eigenvalue weighted by molar-refractivity contribution is 4.89. The summed E-state index contributed by atoms with van der Waals surface area (Å²) >= 11 is 0. The Morgan fingerprint density at radius 2 is 1.84 bits per heavy atom. The molecule has 2 nitrogen and oxygen atoms in total. The number of nitrogens with zero attached hydrogens (tertiary/aromatic N) is 1. The highest BCUT2D eigenvalue weighted by Gasteiger charge is 2.34. The van der Waals surface area contributed by atoms with Crippen LogP contribution in [-0.4, -0.2) is 36.6 Å². The van der Waals surface area contributed by atoms with Gasteiger partial charge in [0, 0.05) is 25.2 Å². The highest BCUT2D eigenvalue weighted by atomic mass is 15.2. The Morgan fingerprint density at radius 3 is 2.63 bits per heavy atom. The van der Waals surface area contributed by atoms with E-state index in [0.717, 1.165) is 17.9 Å². The van der Waals surface area contributed by atoms with Gasteiger partial charge in [0.25, 0.3) is 0 Å². The lowest BCUT2D eigenvalue weighted by molar-refractivity contribution is 0.181. The lowest BCUT2D eigenvalue weighted by Crippen LogP contribution is -2.40. The minimum atomic E-state index is 0.687. The molecule has 19 heavy (non-hydrogen) atoms. The van der Waals surface area contributed by atoms with E-state index in [-0.39, 0.29) is 0 Å². The standard InChI is InChI=1S/C17H34N2/c1-14(2)8-9-15(3)18-11-13-19-12-10-16-6-4-5-7-17(16)19/h14-18H,4-13H2,1-3H3. The van der Waals surface area contributed by atoms with Crippen LogP contribution in [0.2, 0.25) is 0 Å². The van der Waals surface area contributed by atoms with Crippen LogP contribution in [0.4, 0.5) is 0 Å². The molecule has 0 aromatic carbocycles. The molecule has 1 N–H and O–H groups in total. The second kappa shape index (κ2) is 7.64. The van der Waals surface area contributed by atoms with Crippen molar-refractivity contribution in [2.45, 2.75) is 77.8 Å². The van der Waals surface area contributed by atoms with E-state index < -0.39 is 0 Å². The van der Waals surface area contributed by atoms with Gasteiger partial charge in [0.1, 0.15) is 0 Å². The monoisotopic (exact) mass is 266 g/mol. The van der Waals surface area contributed by atoms with E-state index in [1.807, 2.05) is 0 Å². The maximum atomic E-state index is 3.72. The Morgan fingerprint density at radius 1 is 1.05 bits per heavy atom. The number of likely N-dealkylation sites (tertiary alicyclic amines) is 1. The molecule has 0 bridgehead atoms. The van der Waals surface area contributed by atoms with Gasteiger partial charge in [-0.1, -0.05) is 26.7 Å². The van der Waals surface area contributed by atoms with Crippen molar-refractivity contribution in [3.63, 3.8) is 0 Å². The maximum Gasteiger partial charge on any atom is 0.0124 e. The van der Waals surface area contributed by atoms with Crippen molar-refractivity contribution < 1.29 is 0 Å². The molecule has 0 radical (unpaired) electrons. The quantitative estimate of drug-likeness (QED) is 0.756. The van der Waals surface area contributed by atoms with Crippen molar-refractivity contribution in [3.8, 4) is 0 Å². The van der Waals surface area contributed by atoms with Crippen molar-refractivity contribution in [3.05, 3.63) is 0 Å². The summed E-state index contributed by atoms with van der Waals surface area (Å²) in [5.74, 6) is 1.87. The summed E-state index contributed by atoms with van der Waals surface area (Å²) in [6.07, 6.45) is 10.1. The summed E-state index contributed by atoms with van der Waals surface area (Å²) in [6.45, 7) is 10.8. The number of fused-ring (bicyclic) bond motifs is 1. The van der Waals surface area contributed by atoms with Gasteiger partial charge in [0.2, 0.25) is 0 Å². The average molecular weight is 266 g/mol. The Balaban J connectivity index is 1.60. The molecule has 1 heterocycles. The highest BCUT2D eigenvalue weighted by Crippen LogP contribution is 2.35. The smallest absolute Gasteiger partial charge is 0.0124 e. The van der Waals surface area contributed by atoms with Crippen LogP contribution in [0.5, 0.6) is 0 Å². The summed E-state index contributed by atoms with van der Waals surface area (Å²) in [6, 6.07) is 1.62. The molecule has 1 aliphatic heterocycles. The van der Waals surface area contributed by atoms with Crippen LogP contribution in [-0.2, 0) is 0 Å². The lowest BCUT2D eigenvalue weighted by Gasteiger charge is -2.32. The predicted molar refractivity (Wildman–Crippen MR) is 83.5 cm³/mol.